The maximum absolute atomic E-state index is 14.3. The Morgan fingerprint density at radius 3 is 2.54 bits per heavy atom. The van der Waals surface area contributed by atoms with Crippen molar-refractivity contribution in [1.82, 2.24) is 4.57 Å². The number of carbonyl (C=O) groups is 1. The van der Waals surface area contributed by atoms with E-state index in [2.05, 4.69) is 0 Å². The van der Waals surface area contributed by atoms with Gasteiger partial charge in [0.2, 0.25) is 5.91 Å². The van der Waals surface area contributed by atoms with Crippen molar-refractivity contribution in [1.29, 1.82) is 0 Å². The number of primary amides is 1. The molecule has 0 bridgehead atoms. The molecule has 3 aromatic carbocycles. The normalized spacial score (nSPS) is 11.4. The van der Waals surface area contributed by atoms with E-state index in [1.54, 1.807) is 41.0 Å². The largest absolute Gasteiger partial charge is 0.392 e. The molecule has 4 nitrogen and oxygen atoms in total. The summed E-state index contributed by atoms with van der Waals surface area (Å²) in [5.74, 6) is -3.92. The lowest BCUT2D eigenvalue weighted by atomic mass is 10.0. The quantitative estimate of drug-likeness (QED) is 0.525. The van der Waals surface area contributed by atoms with E-state index in [0.29, 0.717) is 33.4 Å². The molecule has 0 saturated heterocycles. The van der Waals surface area contributed by atoms with E-state index in [9.17, 15) is 23.1 Å². The van der Waals surface area contributed by atoms with Gasteiger partial charge in [-0.25, -0.2) is 13.2 Å². The van der Waals surface area contributed by atoms with Crippen molar-refractivity contribution in [3.63, 3.8) is 0 Å². The molecule has 0 unspecified atom stereocenters. The summed E-state index contributed by atoms with van der Waals surface area (Å²) in [6.07, 6.45) is 0. The third-order valence-electron chi connectivity index (χ3n) is 4.80. The molecule has 7 heteroatoms. The summed E-state index contributed by atoms with van der Waals surface area (Å²) in [6, 6.07) is 11.5. The summed E-state index contributed by atoms with van der Waals surface area (Å²) >= 11 is 0. The molecule has 142 valence electrons. The number of aromatic nitrogens is 1. The van der Waals surface area contributed by atoms with Gasteiger partial charge < -0.3 is 15.4 Å². The van der Waals surface area contributed by atoms with Gasteiger partial charge in [-0.05, 0) is 29.8 Å². The van der Waals surface area contributed by atoms with Crippen LogP contribution in [0.25, 0.3) is 21.8 Å². The van der Waals surface area contributed by atoms with Crippen molar-refractivity contribution in [2.45, 2.75) is 13.2 Å². The fourth-order valence-electron chi connectivity index (χ4n) is 3.56. The smallest absolute Gasteiger partial charge is 0.249 e. The molecule has 0 saturated carbocycles. The highest BCUT2D eigenvalue weighted by Crippen LogP contribution is 2.33. The second-order valence-corrected chi connectivity index (χ2v) is 6.52. The number of aliphatic hydroxyl groups is 1. The molecule has 0 aliphatic carbocycles. The Hall–Kier alpha value is -3.32. The van der Waals surface area contributed by atoms with E-state index in [4.69, 9.17) is 5.73 Å². The average Bonchev–Trinajstić information content (AvgIpc) is 2.98. The van der Waals surface area contributed by atoms with Crippen LogP contribution in [0.15, 0.2) is 48.5 Å². The van der Waals surface area contributed by atoms with Gasteiger partial charge in [0.25, 0.3) is 0 Å². The summed E-state index contributed by atoms with van der Waals surface area (Å²) in [6.45, 7) is -0.388. The summed E-state index contributed by atoms with van der Waals surface area (Å²) in [5.41, 5.74) is 7.36. The van der Waals surface area contributed by atoms with Crippen molar-refractivity contribution in [2.75, 3.05) is 0 Å². The second-order valence-electron chi connectivity index (χ2n) is 6.52. The molecule has 0 fully saturated rings. The van der Waals surface area contributed by atoms with E-state index in [0.717, 1.165) is 6.07 Å². The lowest BCUT2D eigenvalue weighted by Crippen LogP contribution is -2.11. The molecule has 3 N–H and O–H groups in total. The lowest BCUT2D eigenvalue weighted by molar-refractivity contribution is 0.100. The number of rotatable bonds is 4. The molecule has 28 heavy (non-hydrogen) atoms. The Bertz CT molecular complexity index is 1250. The van der Waals surface area contributed by atoms with Gasteiger partial charge in [-0.15, -0.1) is 0 Å². The zero-order valence-corrected chi connectivity index (χ0v) is 14.5. The highest BCUT2D eigenvalue weighted by molar-refractivity contribution is 6.17. The van der Waals surface area contributed by atoms with Crippen LogP contribution in [-0.2, 0) is 13.2 Å². The fourth-order valence-corrected chi connectivity index (χ4v) is 3.56. The first-order valence-electron chi connectivity index (χ1n) is 8.48. The first-order chi connectivity index (χ1) is 13.4. The standard InChI is InChI=1S/C21H15F3N2O2/c22-13-7-12(20(24)16(23)8-13)9-26-17-3-1-2-15(21(25)28)19(17)14-5-4-11(10-27)6-18(14)26/h1-8,27H,9-10H2,(H2,25,28). The molecule has 4 rings (SSSR count). The van der Waals surface area contributed by atoms with Crippen molar-refractivity contribution in [3.05, 3.63) is 82.7 Å². The number of halogens is 3. The molecular formula is C21H15F3N2O2. The minimum Gasteiger partial charge on any atom is -0.392 e. The van der Waals surface area contributed by atoms with Crippen LogP contribution in [0.2, 0.25) is 0 Å². The number of nitrogens with zero attached hydrogens (tertiary/aromatic N) is 1. The number of fused-ring (bicyclic) bond motifs is 3. The zero-order chi connectivity index (χ0) is 20.0. The van der Waals surface area contributed by atoms with E-state index in [-0.39, 0.29) is 24.3 Å². The van der Waals surface area contributed by atoms with Gasteiger partial charge in [-0.3, -0.25) is 4.79 Å². The van der Waals surface area contributed by atoms with E-state index in [1.807, 2.05) is 0 Å². The van der Waals surface area contributed by atoms with Crippen molar-refractivity contribution in [2.24, 2.45) is 5.73 Å². The Kier molecular flexibility index (Phi) is 4.31. The second kappa shape index (κ2) is 6.69. The molecule has 1 amide bonds. The first kappa shape index (κ1) is 18.1. The van der Waals surface area contributed by atoms with Gasteiger partial charge in [0, 0.05) is 33.5 Å². The number of hydrogen-bond donors (Lipinski definition) is 2. The number of nitrogens with two attached hydrogens (primary N) is 1. The van der Waals surface area contributed by atoms with Crippen LogP contribution < -0.4 is 5.73 Å². The molecule has 0 spiro atoms. The van der Waals surface area contributed by atoms with Crippen molar-refractivity contribution in [3.8, 4) is 0 Å². The topological polar surface area (TPSA) is 68.2 Å². The van der Waals surface area contributed by atoms with Crippen LogP contribution >= 0.6 is 0 Å². The van der Waals surface area contributed by atoms with Crippen LogP contribution in [-0.4, -0.2) is 15.6 Å². The first-order valence-corrected chi connectivity index (χ1v) is 8.48. The SMILES string of the molecule is NC(=O)c1cccc2c1c1ccc(CO)cc1n2Cc1cc(F)cc(F)c1F. The summed E-state index contributed by atoms with van der Waals surface area (Å²) < 4.78 is 43.2. The van der Waals surface area contributed by atoms with Gasteiger partial charge in [-0.2, -0.15) is 0 Å². The summed E-state index contributed by atoms with van der Waals surface area (Å²) in [5, 5.41) is 10.7. The number of carbonyl (C=O) groups excluding carboxylic acids is 1. The molecule has 0 radical (unpaired) electrons. The van der Waals surface area contributed by atoms with Crippen molar-refractivity contribution >= 4 is 27.7 Å². The summed E-state index contributed by atoms with van der Waals surface area (Å²) in [4.78, 5) is 11.9. The molecule has 0 aliphatic rings. The van der Waals surface area contributed by atoms with Crippen LogP contribution in [0, 0.1) is 17.5 Å². The van der Waals surface area contributed by atoms with E-state index in [1.165, 1.54) is 0 Å². The Morgan fingerprint density at radius 1 is 1.04 bits per heavy atom. The minimum atomic E-state index is -1.27. The number of hydrogen-bond acceptors (Lipinski definition) is 2. The maximum Gasteiger partial charge on any atom is 0.249 e. The van der Waals surface area contributed by atoms with Crippen LogP contribution in [0.3, 0.4) is 0 Å². The van der Waals surface area contributed by atoms with Gasteiger partial charge in [0.15, 0.2) is 11.6 Å². The zero-order valence-electron chi connectivity index (χ0n) is 14.5. The predicted octanol–water partition coefficient (Wildman–Crippen LogP) is 3.85. The minimum absolute atomic E-state index is 0.169. The van der Waals surface area contributed by atoms with Gasteiger partial charge in [-0.1, -0.05) is 18.2 Å². The van der Waals surface area contributed by atoms with E-state index < -0.39 is 23.4 Å². The van der Waals surface area contributed by atoms with Gasteiger partial charge in [0.05, 0.1) is 18.7 Å². The summed E-state index contributed by atoms with van der Waals surface area (Å²) in [7, 11) is 0. The number of aliphatic hydroxyl groups excluding tert-OH is 1. The highest BCUT2D eigenvalue weighted by Gasteiger charge is 2.19. The molecule has 0 aliphatic heterocycles. The van der Waals surface area contributed by atoms with Gasteiger partial charge >= 0.3 is 0 Å². The van der Waals surface area contributed by atoms with Gasteiger partial charge in [0.1, 0.15) is 5.82 Å². The Morgan fingerprint density at radius 2 is 1.82 bits per heavy atom. The van der Waals surface area contributed by atoms with Crippen LogP contribution in [0.4, 0.5) is 13.2 Å². The molecule has 1 heterocycles. The van der Waals surface area contributed by atoms with Crippen LogP contribution in [0.5, 0.6) is 0 Å². The average molecular weight is 384 g/mol. The molecule has 4 aromatic rings. The van der Waals surface area contributed by atoms with E-state index >= 15 is 0 Å². The predicted molar refractivity (Wildman–Crippen MR) is 99.3 cm³/mol. The highest BCUT2D eigenvalue weighted by atomic mass is 19.2. The third-order valence-corrected chi connectivity index (χ3v) is 4.80. The molecule has 1 aromatic heterocycles. The number of amides is 1. The van der Waals surface area contributed by atoms with Crippen LogP contribution in [0.1, 0.15) is 21.5 Å². The lowest BCUT2D eigenvalue weighted by Gasteiger charge is -2.10. The monoisotopic (exact) mass is 384 g/mol. The number of benzene rings is 3. The molecule has 0 atom stereocenters. The Balaban J connectivity index is 2.06. The maximum atomic E-state index is 14.3. The fraction of sp³-hybridized carbons (Fsp3) is 0.0952. The Labute approximate surface area is 157 Å². The van der Waals surface area contributed by atoms with Crippen molar-refractivity contribution < 1.29 is 23.1 Å². The molecular weight excluding hydrogens is 369 g/mol. The third kappa shape index (κ3) is 2.80.